The second-order valence-electron chi connectivity index (χ2n) is 5.98. The zero-order valence-electron chi connectivity index (χ0n) is 12.2. The van der Waals surface area contributed by atoms with Gasteiger partial charge in [-0.1, -0.05) is 25.7 Å². The van der Waals surface area contributed by atoms with Gasteiger partial charge in [-0.05, 0) is 12.8 Å². The molecule has 1 rings (SSSR count). The lowest BCUT2D eigenvalue weighted by Crippen LogP contribution is -2.57. The number of hydrogen-bond donors (Lipinski definition) is 5. The van der Waals surface area contributed by atoms with Crippen molar-refractivity contribution in [2.24, 2.45) is 5.41 Å². The quantitative estimate of drug-likeness (QED) is 0.409. The van der Waals surface area contributed by atoms with Crippen molar-refractivity contribution in [3.63, 3.8) is 0 Å². The van der Waals surface area contributed by atoms with Crippen LogP contribution in [0.2, 0.25) is 0 Å². The van der Waals surface area contributed by atoms with Crippen LogP contribution in [0.4, 0.5) is 0 Å². The molecule has 1 aliphatic rings. The number of carbonyl (C=O) groups is 2. The van der Waals surface area contributed by atoms with Gasteiger partial charge in [-0.15, -0.1) is 0 Å². The van der Waals surface area contributed by atoms with E-state index < -0.39 is 42.7 Å². The first-order valence-electron chi connectivity index (χ1n) is 7.31. The van der Waals surface area contributed by atoms with E-state index in [2.05, 4.69) is 5.32 Å². The Hall–Kier alpha value is -1.18. The molecular weight excluding hydrogens is 278 g/mol. The molecule has 0 unspecified atom stereocenters. The zero-order valence-corrected chi connectivity index (χ0v) is 12.2. The minimum atomic E-state index is -1.51. The average Bonchev–Trinajstić information content (AvgIpc) is 2.71. The van der Waals surface area contributed by atoms with Crippen LogP contribution < -0.4 is 5.32 Å². The summed E-state index contributed by atoms with van der Waals surface area (Å²) in [5.74, 6) is -1.56. The lowest BCUT2D eigenvalue weighted by atomic mass is 9.77. The molecule has 0 aromatic rings. The third-order valence-corrected chi connectivity index (χ3v) is 4.33. The van der Waals surface area contributed by atoms with Crippen LogP contribution in [0.25, 0.3) is 0 Å². The van der Waals surface area contributed by atoms with Crippen LogP contribution in [0.1, 0.15) is 44.9 Å². The van der Waals surface area contributed by atoms with E-state index in [1.807, 2.05) is 0 Å². The van der Waals surface area contributed by atoms with Crippen molar-refractivity contribution >= 4 is 11.9 Å². The number of amides is 1. The number of aliphatic carboxylic acids is 1. The summed E-state index contributed by atoms with van der Waals surface area (Å²) in [6.45, 7) is -1.86. The minimum Gasteiger partial charge on any atom is -0.481 e. The Kier molecular flexibility index (Phi) is 6.57. The third-order valence-electron chi connectivity index (χ3n) is 4.33. The number of aliphatic hydroxyl groups excluding tert-OH is 3. The lowest BCUT2D eigenvalue weighted by molar-refractivity contribution is -0.153. The first-order valence-corrected chi connectivity index (χ1v) is 7.31. The maximum Gasteiger partial charge on any atom is 0.310 e. The SMILES string of the molecule is O=C(CC1(C(=O)O)CCCCCC1)NC(CO)(CO)CO. The van der Waals surface area contributed by atoms with Crippen molar-refractivity contribution in [1.82, 2.24) is 5.32 Å². The molecule has 0 atom stereocenters. The van der Waals surface area contributed by atoms with Gasteiger partial charge in [-0.3, -0.25) is 9.59 Å². The van der Waals surface area contributed by atoms with E-state index in [4.69, 9.17) is 0 Å². The number of hydrogen-bond acceptors (Lipinski definition) is 5. The van der Waals surface area contributed by atoms with E-state index in [1.165, 1.54) is 0 Å². The van der Waals surface area contributed by atoms with Gasteiger partial charge < -0.3 is 25.7 Å². The summed E-state index contributed by atoms with van der Waals surface area (Å²) in [5.41, 5.74) is -2.60. The summed E-state index contributed by atoms with van der Waals surface area (Å²) in [7, 11) is 0. The van der Waals surface area contributed by atoms with E-state index in [1.54, 1.807) is 0 Å². The van der Waals surface area contributed by atoms with E-state index in [0.29, 0.717) is 12.8 Å². The topological polar surface area (TPSA) is 127 Å². The number of carboxylic acids is 1. The van der Waals surface area contributed by atoms with Gasteiger partial charge in [-0.25, -0.2) is 0 Å². The highest BCUT2D eigenvalue weighted by atomic mass is 16.4. The molecule has 0 aromatic carbocycles. The number of rotatable bonds is 7. The van der Waals surface area contributed by atoms with Gasteiger partial charge in [-0.2, -0.15) is 0 Å². The standard InChI is InChI=1S/C14H25NO6/c16-8-14(9-17,10-18)15-11(19)7-13(12(20)21)5-3-1-2-4-6-13/h16-18H,1-10H2,(H,15,19)(H,20,21). The monoisotopic (exact) mass is 303 g/mol. The Morgan fingerprint density at radius 3 is 1.81 bits per heavy atom. The number of nitrogens with one attached hydrogen (secondary N) is 1. The van der Waals surface area contributed by atoms with Gasteiger partial charge in [0.25, 0.3) is 0 Å². The lowest BCUT2D eigenvalue weighted by Gasteiger charge is -2.32. The van der Waals surface area contributed by atoms with E-state index in [9.17, 15) is 30.0 Å². The molecule has 0 radical (unpaired) electrons. The number of carboxylic acid groups (broad SMARTS) is 1. The highest BCUT2D eigenvalue weighted by molar-refractivity contribution is 5.85. The van der Waals surface area contributed by atoms with Crippen molar-refractivity contribution in [3.8, 4) is 0 Å². The summed E-state index contributed by atoms with van der Waals surface area (Å²) in [6.07, 6.45) is 4.15. The summed E-state index contributed by atoms with van der Waals surface area (Å²) < 4.78 is 0. The van der Waals surface area contributed by atoms with Gasteiger partial charge in [0, 0.05) is 6.42 Å². The van der Waals surface area contributed by atoms with Crippen molar-refractivity contribution in [1.29, 1.82) is 0 Å². The van der Waals surface area contributed by atoms with Crippen molar-refractivity contribution in [3.05, 3.63) is 0 Å². The molecule has 7 nitrogen and oxygen atoms in total. The summed E-state index contributed by atoms with van der Waals surface area (Å²) in [4.78, 5) is 23.7. The molecule has 0 aromatic heterocycles. The molecule has 122 valence electrons. The second-order valence-corrected chi connectivity index (χ2v) is 5.98. The van der Waals surface area contributed by atoms with E-state index in [-0.39, 0.29) is 6.42 Å². The van der Waals surface area contributed by atoms with Gasteiger partial charge in [0.05, 0.1) is 25.2 Å². The average molecular weight is 303 g/mol. The first-order chi connectivity index (χ1) is 9.93. The maximum atomic E-state index is 12.1. The first kappa shape index (κ1) is 17.9. The molecule has 0 saturated heterocycles. The number of carbonyl (C=O) groups excluding carboxylic acids is 1. The fourth-order valence-corrected chi connectivity index (χ4v) is 2.79. The van der Waals surface area contributed by atoms with Gasteiger partial charge in [0.2, 0.25) is 5.91 Å². The molecule has 1 saturated carbocycles. The predicted octanol–water partition coefficient (Wildman–Crippen LogP) is -0.366. The van der Waals surface area contributed by atoms with Crippen LogP contribution in [-0.2, 0) is 9.59 Å². The normalized spacial score (nSPS) is 18.8. The molecule has 21 heavy (non-hydrogen) atoms. The minimum absolute atomic E-state index is 0.204. The van der Waals surface area contributed by atoms with Gasteiger partial charge in [0.15, 0.2) is 0 Å². The Morgan fingerprint density at radius 1 is 0.952 bits per heavy atom. The van der Waals surface area contributed by atoms with Crippen LogP contribution >= 0.6 is 0 Å². The highest BCUT2D eigenvalue weighted by Crippen LogP contribution is 2.38. The largest absolute Gasteiger partial charge is 0.481 e. The van der Waals surface area contributed by atoms with Gasteiger partial charge in [0.1, 0.15) is 5.54 Å². The molecule has 0 bridgehead atoms. The van der Waals surface area contributed by atoms with Crippen LogP contribution in [0.15, 0.2) is 0 Å². The van der Waals surface area contributed by atoms with Crippen LogP contribution in [-0.4, -0.2) is 57.7 Å². The highest BCUT2D eigenvalue weighted by Gasteiger charge is 2.42. The van der Waals surface area contributed by atoms with Crippen LogP contribution in [0, 0.1) is 5.41 Å². The van der Waals surface area contributed by atoms with Crippen LogP contribution in [0.5, 0.6) is 0 Å². The molecule has 7 heteroatoms. The zero-order chi connectivity index (χ0) is 15.9. The number of aliphatic hydroxyl groups is 3. The molecule has 0 aliphatic heterocycles. The van der Waals surface area contributed by atoms with Crippen LogP contribution in [0.3, 0.4) is 0 Å². The van der Waals surface area contributed by atoms with Gasteiger partial charge >= 0.3 is 5.97 Å². The second kappa shape index (κ2) is 7.72. The van der Waals surface area contributed by atoms with Crippen molar-refractivity contribution < 1.29 is 30.0 Å². The third kappa shape index (κ3) is 4.39. The summed E-state index contributed by atoms with van der Waals surface area (Å²) in [5, 5.41) is 39.5. The fraction of sp³-hybridized carbons (Fsp3) is 0.857. The Bertz CT molecular complexity index is 350. The predicted molar refractivity (Wildman–Crippen MR) is 74.5 cm³/mol. The van der Waals surface area contributed by atoms with Crippen molar-refractivity contribution in [2.75, 3.05) is 19.8 Å². The van der Waals surface area contributed by atoms with E-state index >= 15 is 0 Å². The molecule has 1 aliphatic carbocycles. The molecule has 1 amide bonds. The molecular formula is C14H25NO6. The van der Waals surface area contributed by atoms with E-state index in [0.717, 1.165) is 25.7 Å². The fourth-order valence-electron chi connectivity index (χ4n) is 2.79. The van der Waals surface area contributed by atoms with Crippen molar-refractivity contribution in [2.45, 2.75) is 50.5 Å². The molecule has 0 heterocycles. The molecule has 0 spiro atoms. The Morgan fingerprint density at radius 2 is 1.43 bits per heavy atom. The summed E-state index contributed by atoms with van der Waals surface area (Å²) >= 11 is 0. The maximum absolute atomic E-state index is 12.1. The smallest absolute Gasteiger partial charge is 0.310 e. The summed E-state index contributed by atoms with van der Waals surface area (Å²) in [6, 6.07) is 0. The Balaban J connectivity index is 2.79. The Labute approximate surface area is 124 Å². The molecule has 5 N–H and O–H groups in total. The molecule has 1 fully saturated rings.